The summed E-state index contributed by atoms with van der Waals surface area (Å²) >= 11 is 0. The van der Waals surface area contributed by atoms with Gasteiger partial charge in [0.25, 0.3) is 0 Å². The molecule has 13 heavy (non-hydrogen) atoms. The first-order valence-corrected chi connectivity index (χ1v) is 4.33. The molecule has 0 bridgehead atoms. The number of fused-ring (bicyclic) bond motifs is 3. The van der Waals surface area contributed by atoms with E-state index in [0.717, 1.165) is 17.8 Å². The number of nitrogens with zero attached hydrogens (tertiary/aromatic N) is 2. The monoisotopic (exact) mass is 168 g/mol. The van der Waals surface area contributed by atoms with E-state index in [0.29, 0.717) is 0 Å². The van der Waals surface area contributed by atoms with E-state index in [-0.39, 0.29) is 0 Å². The summed E-state index contributed by atoms with van der Waals surface area (Å²) in [6.45, 7) is 0. The van der Waals surface area contributed by atoms with E-state index in [4.69, 9.17) is 0 Å². The highest BCUT2D eigenvalue weighted by molar-refractivity contribution is 5.73. The van der Waals surface area contributed by atoms with Crippen LogP contribution in [0.25, 0.3) is 11.1 Å². The first-order valence-electron chi connectivity index (χ1n) is 4.33. The average Bonchev–Trinajstić information content (AvgIpc) is 2.56. The summed E-state index contributed by atoms with van der Waals surface area (Å²) in [5.41, 5.74) is 4.78. The minimum Gasteiger partial charge on any atom is -0.260 e. The maximum absolute atomic E-state index is 4.33. The molecule has 1 aliphatic rings. The molecule has 0 atom stereocenters. The molecule has 2 nitrogen and oxygen atoms in total. The second-order valence-corrected chi connectivity index (χ2v) is 3.17. The maximum atomic E-state index is 4.33. The fourth-order valence-corrected chi connectivity index (χ4v) is 1.81. The highest BCUT2D eigenvalue weighted by Crippen LogP contribution is 2.32. The molecule has 0 saturated heterocycles. The van der Waals surface area contributed by atoms with Gasteiger partial charge in [-0.25, -0.2) is 0 Å². The van der Waals surface area contributed by atoms with E-state index in [9.17, 15) is 0 Å². The number of pyridine rings is 2. The Hall–Kier alpha value is -1.70. The Morgan fingerprint density at radius 2 is 1.38 bits per heavy atom. The van der Waals surface area contributed by atoms with Gasteiger partial charge in [-0.15, -0.1) is 0 Å². The lowest BCUT2D eigenvalue weighted by Gasteiger charge is -1.96. The molecule has 2 aromatic rings. The Morgan fingerprint density at radius 1 is 0.846 bits per heavy atom. The minimum atomic E-state index is 0.881. The maximum Gasteiger partial charge on any atom is 0.0542 e. The van der Waals surface area contributed by atoms with Crippen molar-refractivity contribution in [3.63, 3.8) is 0 Å². The normalized spacial score (nSPS) is 12.3. The van der Waals surface area contributed by atoms with Crippen molar-refractivity contribution in [1.82, 2.24) is 9.97 Å². The fourth-order valence-electron chi connectivity index (χ4n) is 1.81. The number of rotatable bonds is 0. The molecular weight excluding hydrogens is 160 g/mol. The molecule has 2 heteroatoms. The molecule has 0 amide bonds. The van der Waals surface area contributed by atoms with Crippen molar-refractivity contribution in [3.05, 3.63) is 48.0 Å². The molecule has 2 aromatic heterocycles. The molecule has 0 spiro atoms. The number of aromatic nitrogens is 2. The predicted octanol–water partition coefficient (Wildman–Crippen LogP) is 2.05. The van der Waals surface area contributed by atoms with Crippen LogP contribution in [0.1, 0.15) is 11.4 Å². The van der Waals surface area contributed by atoms with Crippen molar-refractivity contribution in [2.75, 3.05) is 0 Å². The van der Waals surface area contributed by atoms with Gasteiger partial charge in [-0.2, -0.15) is 0 Å². The molecular formula is C11H8N2. The van der Waals surface area contributed by atoms with Crippen molar-refractivity contribution >= 4 is 0 Å². The van der Waals surface area contributed by atoms with Crippen LogP contribution in [-0.4, -0.2) is 9.97 Å². The van der Waals surface area contributed by atoms with Crippen molar-refractivity contribution < 1.29 is 0 Å². The predicted molar refractivity (Wildman–Crippen MR) is 50.3 cm³/mol. The lowest BCUT2D eigenvalue weighted by molar-refractivity contribution is 1.06. The second kappa shape index (κ2) is 2.39. The summed E-state index contributed by atoms with van der Waals surface area (Å²) in [7, 11) is 0. The van der Waals surface area contributed by atoms with Gasteiger partial charge < -0.3 is 0 Å². The summed E-state index contributed by atoms with van der Waals surface area (Å²) in [6, 6.07) is 8.16. The van der Waals surface area contributed by atoms with Crippen LogP contribution >= 0.6 is 0 Å². The molecule has 0 aromatic carbocycles. The zero-order chi connectivity index (χ0) is 8.67. The van der Waals surface area contributed by atoms with Crippen molar-refractivity contribution in [2.24, 2.45) is 0 Å². The van der Waals surface area contributed by atoms with Crippen LogP contribution in [-0.2, 0) is 6.42 Å². The van der Waals surface area contributed by atoms with E-state index in [1.165, 1.54) is 11.1 Å². The summed E-state index contributed by atoms with van der Waals surface area (Å²) < 4.78 is 0. The van der Waals surface area contributed by atoms with Gasteiger partial charge in [0.1, 0.15) is 0 Å². The Bertz CT molecular complexity index is 420. The van der Waals surface area contributed by atoms with Gasteiger partial charge in [-0.05, 0) is 12.1 Å². The Morgan fingerprint density at radius 3 is 1.92 bits per heavy atom. The molecule has 0 N–H and O–H groups in total. The lowest BCUT2D eigenvalue weighted by Crippen LogP contribution is -1.85. The Kier molecular flexibility index (Phi) is 1.25. The molecule has 0 saturated carbocycles. The quantitative estimate of drug-likeness (QED) is 0.513. The Labute approximate surface area is 76.3 Å². The van der Waals surface area contributed by atoms with E-state index in [1.807, 2.05) is 24.5 Å². The van der Waals surface area contributed by atoms with Gasteiger partial charge in [-0.1, -0.05) is 12.1 Å². The van der Waals surface area contributed by atoms with Crippen LogP contribution in [0.3, 0.4) is 0 Å². The van der Waals surface area contributed by atoms with Crippen LogP contribution in [0.15, 0.2) is 36.7 Å². The van der Waals surface area contributed by atoms with Crippen LogP contribution in [0.4, 0.5) is 0 Å². The van der Waals surface area contributed by atoms with Crippen molar-refractivity contribution in [1.29, 1.82) is 0 Å². The third-order valence-corrected chi connectivity index (χ3v) is 2.41. The third kappa shape index (κ3) is 0.886. The summed E-state index contributed by atoms with van der Waals surface area (Å²) in [6.07, 6.45) is 4.56. The number of hydrogen-bond donors (Lipinski definition) is 0. The van der Waals surface area contributed by atoms with Gasteiger partial charge in [0.2, 0.25) is 0 Å². The van der Waals surface area contributed by atoms with Gasteiger partial charge in [0.05, 0.1) is 11.4 Å². The standard InChI is InChI=1S/C11H8N2/c1-3-8-9-4-2-6-13-11(9)7-10(8)12-5-1/h1-6H,7H2. The van der Waals surface area contributed by atoms with E-state index >= 15 is 0 Å². The van der Waals surface area contributed by atoms with Crippen LogP contribution in [0, 0.1) is 0 Å². The summed E-state index contributed by atoms with van der Waals surface area (Å²) in [5, 5.41) is 0. The minimum absolute atomic E-state index is 0.881. The van der Waals surface area contributed by atoms with Gasteiger partial charge in [-0.3, -0.25) is 9.97 Å². The SMILES string of the molecule is c1cnc2c(c1)-c1cccnc1C2. The zero-order valence-corrected chi connectivity index (χ0v) is 7.07. The number of hydrogen-bond acceptors (Lipinski definition) is 2. The molecule has 0 unspecified atom stereocenters. The molecule has 1 aliphatic carbocycles. The van der Waals surface area contributed by atoms with E-state index < -0.39 is 0 Å². The van der Waals surface area contributed by atoms with Crippen molar-refractivity contribution in [2.45, 2.75) is 6.42 Å². The largest absolute Gasteiger partial charge is 0.260 e. The lowest BCUT2D eigenvalue weighted by atomic mass is 10.1. The third-order valence-electron chi connectivity index (χ3n) is 2.41. The topological polar surface area (TPSA) is 25.8 Å². The van der Waals surface area contributed by atoms with Gasteiger partial charge in [0.15, 0.2) is 0 Å². The highest BCUT2D eigenvalue weighted by Gasteiger charge is 2.18. The van der Waals surface area contributed by atoms with Crippen LogP contribution < -0.4 is 0 Å². The fraction of sp³-hybridized carbons (Fsp3) is 0.0909. The molecule has 62 valence electrons. The molecule has 2 heterocycles. The molecule has 0 aliphatic heterocycles. The van der Waals surface area contributed by atoms with Gasteiger partial charge >= 0.3 is 0 Å². The zero-order valence-electron chi connectivity index (χ0n) is 7.07. The second-order valence-electron chi connectivity index (χ2n) is 3.17. The molecule has 0 radical (unpaired) electrons. The average molecular weight is 168 g/mol. The van der Waals surface area contributed by atoms with Gasteiger partial charge in [0, 0.05) is 29.9 Å². The first kappa shape index (κ1) is 6.78. The molecule has 0 fully saturated rings. The summed E-state index contributed by atoms with van der Waals surface area (Å²) in [5.74, 6) is 0. The molecule has 3 rings (SSSR count). The first-order chi connectivity index (χ1) is 6.45. The van der Waals surface area contributed by atoms with E-state index in [2.05, 4.69) is 22.1 Å². The highest BCUT2D eigenvalue weighted by atomic mass is 14.7. The smallest absolute Gasteiger partial charge is 0.0542 e. The van der Waals surface area contributed by atoms with Crippen LogP contribution in [0.5, 0.6) is 0 Å². The van der Waals surface area contributed by atoms with Crippen LogP contribution in [0.2, 0.25) is 0 Å². The van der Waals surface area contributed by atoms with E-state index in [1.54, 1.807) is 0 Å². The van der Waals surface area contributed by atoms with Crippen molar-refractivity contribution in [3.8, 4) is 11.1 Å². The summed E-state index contributed by atoms with van der Waals surface area (Å²) in [4.78, 5) is 8.67. The Balaban J connectivity index is 2.32.